The summed E-state index contributed by atoms with van der Waals surface area (Å²) < 4.78 is 5.13. The van der Waals surface area contributed by atoms with Crippen LogP contribution < -0.4 is 10.2 Å². The van der Waals surface area contributed by atoms with Crippen LogP contribution in [0.25, 0.3) is 0 Å². The zero-order valence-corrected chi connectivity index (χ0v) is 12.7. The average molecular weight is 337 g/mol. The van der Waals surface area contributed by atoms with Crippen LogP contribution in [0.4, 0.5) is 0 Å². The van der Waals surface area contributed by atoms with Gasteiger partial charge in [0.05, 0.1) is 18.9 Å². The van der Waals surface area contributed by atoms with Crippen LogP contribution in [0, 0.1) is 0 Å². The van der Waals surface area contributed by atoms with Gasteiger partial charge in [-0.2, -0.15) is 5.10 Å². The van der Waals surface area contributed by atoms with Gasteiger partial charge in [0.2, 0.25) is 0 Å². The molecule has 1 amide bonds. The number of hydrazone groups is 1. The van der Waals surface area contributed by atoms with Gasteiger partial charge in [-0.15, -0.1) is 0 Å². The van der Waals surface area contributed by atoms with Gasteiger partial charge in [0.15, 0.2) is 11.5 Å². The number of nitrogens with one attached hydrogen (secondary N) is 1. The van der Waals surface area contributed by atoms with E-state index in [9.17, 15) is 20.1 Å². The zero-order chi connectivity index (χ0) is 17.0. The largest absolute Gasteiger partial charge is 0.507 e. The SMILES string of the molecule is COc1ccc(Cl)cc1/C=N/NC(=O)c1cc(O)c(O)cc1O. The molecular formula is C15H13ClN2O5. The third-order valence-electron chi connectivity index (χ3n) is 2.90. The fraction of sp³-hybridized carbons (Fsp3) is 0.0667. The van der Waals surface area contributed by atoms with Gasteiger partial charge in [-0.1, -0.05) is 11.6 Å². The molecule has 0 fully saturated rings. The number of nitrogens with zero attached hydrogens (tertiary/aromatic N) is 1. The fourth-order valence-electron chi connectivity index (χ4n) is 1.77. The highest BCUT2D eigenvalue weighted by molar-refractivity contribution is 6.30. The number of benzene rings is 2. The third-order valence-corrected chi connectivity index (χ3v) is 3.13. The number of hydrogen-bond acceptors (Lipinski definition) is 6. The maximum atomic E-state index is 11.9. The minimum atomic E-state index is -0.768. The lowest BCUT2D eigenvalue weighted by atomic mass is 10.1. The standard InChI is InChI=1S/C15H13ClN2O5/c1-23-14-3-2-9(16)4-8(14)7-17-18-15(22)10-5-12(20)13(21)6-11(10)19/h2-7,19-21H,1H3,(H,18,22)/b17-7+. The molecule has 0 aliphatic carbocycles. The van der Waals surface area contributed by atoms with E-state index in [0.29, 0.717) is 16.3 Å². The van der Waals surface area contributed by atoms with Crippen LogP contribution in [-0.4, -0.2) is 34.6 Å². The van der Waals surface area contributed by atoms with Gasteiger partial charge in [-0.3, -0.25) is 4.79 Å². The van der Waals surface area contributed by atoms with Crippen molar-refractivity contribution in [2.75, 3.05) is 7.11 Å². The van der Waals surface area contributed by atoms with Gasteiger partial charge in [0, 0.05) is 22.7 Å². The Morgan fingerprint density at radius 2 is 1.87 bits per heavy atom. The molecule has 8 heteroatoms. The number of ether oxygens (including phenoxy) is 1. The lowest BCUT2D eigenvalue weighted by Crippen LogP contribution is -2.17. The van der Waals surface area contributed by atoms with Crippen LogP contribution in [0.1, 0.15) is 15.9 Å². The quantitative estimate of drug-likeness (QED) is 0.296. The highest BCUT2D eigenvalue weighted by Gasteiger charge is 2.14. The Morgan fingerprint density at radius 3 is 2.57 bits per heavy atom. The molecule has 0 aromatic heterocycles. The second-order valence-electron chi connectivity index (χ2n) is 4.44. The Balaban J connectivity index is 2.16. The zero-order valence-electron chi connectivity index (χ0n) is 11.9. The Kier molecular flexibility index (Phi) is 4.92. The molecule has 0 saturated carbocycles. The topological polar surface area (TPSA) is 111 Å². The normalized spacial score (nSPS) is 10.7. The van der Waals surface area contributed by atoms with Gasteiger partial charge in [0.25, 0.3) is 5.91 Å². The second kappa shape index (κ2) is 6.89. The maximum Gasteiger partial charge on any atom is 0.275 e. The smallest absolute Gasteiger partial charge is 0.275 e. The van der Waals surface area contributed by atoms with Crippen molar-refractivity contribution in [3.63, 3.8) is 0 Å². The monoisotopic (exact) mass is 336 g/mol. The van der Waals surface area contributed by atoms with E-state index in [1.165, 1.54) is 13.3 Å². The lowest BCUT2D eigenvalue weighted by molar-refractivity contribution is 0.0952. The molecule has 2 aromatic carbocycles. The highest BCUT2D eigenvalue weighted by Crippen LogP contribution is 2.32. The Morgan fingerprint density at radius 1 is 1.17 bits per heavy atom. The molecule has 0 heterocycles. The first-order chi connectivity index (χ1) is 10.9. The highest BCUT2D eigenvalue weighted by atomic mass is 35.5. The van der Waals surface area contributed by atoms with Crippen LogP contribution in [0.2, 0.25) is 5.02 Å². The van der Waals surface area contributed by atoms with Gasteiger partial charge >= 0.3 is 0 Å². The van der Waals surface area contributed by atoms with E-state index in [1.54, 1.807) is 18.2 Å². The van der Waals surface area contributed by atoms with Crippen molar-refractivity contribution >= 4 is 23.7 Å². The minimum Gasteiger partial charge on any atom is -0.507 e. The number of hydrogen-bond donors (Lipinski definition) is 4. The molecule has 7 nitrogen and oxygen atoms in total. The summed E-state index contributed by atoms with van der Waals surface area (Å²) in [6, 6.07) is 6.67. The van der Waals surface area contributed by atoms with E-state index in [0.717, 1.165) is 12.1 Å². The van der Waals surface area contributed by atoms with Crippen LogP contribution in [0.5, 0.6) is 23.0 Å². The van der Waals surface area contributed by atoms with Crippen LogP contribution in [0.3, 0.4) is 0 Å². The van der Waals surface area contributed by atoms with E-state index < -0.39 is 23.2 Å². The molecule has 0 spiro atoms. The lowest BCUT2D eigenvalue weighted by Gasteiger charge is -2.06. The number of aromatic hydroxyl groups is 3. The molecule has 0 bridgehead atoms. The second-order valence-corrected chi connectivity index (χ2v) is 4.88. The van der Waals surface area contributed by atoms with Crippen molar-refractivity contribution in [3.05, 3.63) is 46.5 Å². The van der Waals surface area contributed by atoms with E-state index >= 15 is 0 Å². The first kappa shape index (κ1) is 16.4. The molecule has 0 aliphatic heterocycles. The number of amides is 1. The number of methoxy groups -OCH3 is 1. The first-order valence-corrected chi connectivity index (χ1v) is 6.72. The molecule has 0 saturated heterocycles. The van der Waals surface area contributed by atoms with Crippen molar-refractivity contribution in [1.29, 1.82) is 0 Å². The summed E-state index contributed by atoms with van der Waals surface area (Å²) in [4.78, 5) is 11.9. The van der Waals surface area contributed by atoms with Gasteiger partial charge in [-0.25, -0.2) is 5.43 Å². The molecule has 0 unspecified atom stereocenters. The minimum absolute atomic E-state index is 0.240. The molecule has 0 radical (unpaired) electrons. The summed E-state index contributed by atoms with van der Waals surface area (Å²) in [5.41, 5.74) is 2.48. The average Bonchev–Trinajstić information content (AvgIpc) is 2.51. The third kappa shape index (κ3) is 3.83. The Labute approximate surface area is 136 Å². The van der Waals surface area contributed by atoms with Crippen molar-refractivity contribution < 1.29 is 24.9 Å². The molecule has 23 heavy (non-hydrogen) atoms. The Hall–Kier alpha value is -2.93. The molecule has 2 rings (SSSR count). The predicted molar refractivity (Wildman–Crippen MR) is 84.5 cm³/mol. The van der Waals surface area contributed by atoms with Crippen molar-refractivity contribution in [2.24, 2.45) is 5.10 Å². The van der Waals surface area contributed by atoms with E-state index in [2.05, 4.69) is 10.5 Å². The molecule has 0 atom stereocenters. The van der Waals surface area contributed by atoms with E-state index in [1.807, 2.05) is 0 Å². The molecule has 2 aromatic rings. The molecular weight excluding hydrogens is 324 g/mol. The number of halogens is 1. The number of rotatable bonds is 4. The molecule has 120 valence electrons. The van der Waals surface area contributed by atoms with Crippen molar-refractivity contribution in [2.45, 2.75) is 0 Å². The summed E-state index contributed by atoms with van der Waals surface area (Å²) in [6.07, 6.45) is 1.32. The molecule has 4 N–H and O–H groups in total. The number of carbonyl (C=O) groups excluding carboxylic acids is 1. The van der Waals surface area contributed by atoms with Gasteiger partial charge in [-0.05, 0) is 18.2 Å². The predicted octanol–water partition coefficient (Wildman–Crippen LogP) is 2.23. The maximum absolute atomic E-state index is 11.9. The van der Waals surface area contributed by atoms with Crippen LogP contribution in [0.15, 0.2) is 35.4 Å². The summed E-state index contributed by atoms with van der Waals surface area (Å²) in [6.45, 7) is 0. The number of carbonyl (C=O) groups is 1. The summed E-state index contributed by atoms with van der Waals surface area (Å²) >= 11 is 5.88. The van der Waals surface area contributed by atoms with E-state index in [4.69, 9.17) is 16.3 Å². The van der Waals surface area contributed by atoms with Crippen LogP contribution >= 0.6 is 11.6 Å². The van der Waals surface area contributed by atoms with Crippen LogP contribution in [-0.2, 0) is 0 Å². The van der Waals surface area contributed by atoms with E-state index in [-0.39, 0.29) is 5.56 Å². The summed E-state index contributed by atoms with van der Waals surface area (Å²) in [5.74, 6) is -1.82. The van der Waals surface area contributed by atoms with Gasteiger partial charge < -0.3 is 20.1 Å². The van der Waals surface area contributed by atoms with Gasteiger partial charge in [0.1, 0.15) is 11.5 Å². The molecule has 0 aliphatic rings. The number of phenols is 3. The van der Waals surface area contributed by atoms with Crippen molar-refractivity contribution in [3.8, 4) is 23.0 Å². The fourth-order valence-corrected chi connectivity index (χ4v) is 1.95. The summed E-state index contributed by atoms with van der Waals surface area (Å²) in [5, 5.41) is 32.4. The first-order valence-electron chi connectivity index (χ1n) is 6.34. The summed E-state index contributed by atoms with van der Waals surface area (Å²) in [7, 11) is 1.48. The van der Waals surface area contributed by atoms with Crippen molar-refractivity contribution in [1.82, 2.24) is 5.43 Å². The Bertz CT molecular complexity index is 777. The number of phenolic OH excluding ortho intramolecular Hbond substituents is 3.